The molecule has 2 heterocycles. The van der Waals surface area contributed by atoms with Crippen LogP contribution in [0.4, 0.5) is 5.82 Å². The van der Waals surface area contributed by atoms with Gasteiger partial charge in [0.25, 0.3) is 0 Å². The first-order valence-corrected chi connectivity index (χ1v) is 7.32. The monoisotopic (exact) mass is 381 g/mol. The van der Waals surface area contributed by atoms with Crippen molar-refractivity contribution in [3.63, 3.8) is 0 Å². The van der Waals surface area contributed by atoms with E-state index in [2.05, 4.69) is 4.98 Å². The van der Waals surface area contributed by atoms with Crippen LogP contribution in [0.1, 0.15) is 6.42 Å². The van der Waals surface area contributed by atoms with Crippen molar-refractivity contribution >= 4 is 17.8 Å². The number of carboxylic acid groups (broad SMARTS) is 1. The molecule has 0 fully saturated rings. The Hall–Kier alpha value is -3.63. The number of rotatable bonds is 6. The number of carboxylic acids is 1. The second kappa shape index (κ2) is 7.32. The standard InChI is InChI=1S/C14H15N5O8/c15-5-14(19-2-1-8(17)18-13(19)25)11(23)10(22)7(27-14)4-26-12(24)6(16)3-9(20)21/h1-2,6,11,22-23H,3-4,16H2,(H,20,21)(H2,17,18,25)/t6-,11?,14+/m0/s1. The van der Waals surface area contributed by atoms with Crippen molar-refractivity contribution in [2.24, 2.45) is 5.73 Å². The molecule has 13 nitrogen and oxygen atoms in total. The van der Waals surface area contributed by atoms with E-state index in [1.165, 1.54) is 0 Å². The molecular weight excluding hydrogens is 366 g/mol. The number of nitriles is 1. The van der Waals surface area contributed by atoms with Gasteiger partial charge in [-0.1, -0.05) is 0 Å². The van der Waals surface area contributed by atoms with E-state index in [1.54, 1.807) is 6.07 Å². The Morgan fingerprint density at radius 1 is 1.56 bits per heavy atom. The largest absolute Gasteiger partial charge is 0.506 e. The van der Waals surface area contributed by atoms with Crippen LogP contribution in [0.25, 0.3) is 0 Å². The lowest BCUT2D eigenvalue weighted by molar-refractivity contribution is -0.150. The van der Waals surface area contributed by atoms with Gasteiger partial charge < -0.3 is 36.3 Å². The minimum absolute atomic E-state index is 0.143. The van der Waals surface area contributed by atoms with Crippen molar-refractivity contribution in [2.45, 2.75) is 24.3 Å². The van der Waals surface area contributed by atoms with Crippen LogP contribution >= 0.6 is 0 Å². The van der Waals surface area contributed by atoms with E-state index >= 15 is 0 Å². The van der Waals surface area contributed by atoms with E-state index < -0.39 is 60.0 Å². The van der Waals surface area contributed by atoms with Gasteiger partial charge in [0.05, 0.1) is 6.42 Å². The maximum Gasteiger partial charge on any atom is 0.353 e. The molecule has 7 N–H and O–H groups in total. The summed E-state index contributed by atoms with van der Waals surface area (Å²) in [5, 5.41) is 38.2. The highest BCUT2D eigenvalue weighted by atomic mass is 16.6. The Bertz CT molecular complexity index is 904. The summed E-state index contributed by atoms with van der Waals surface area (Å²) < 4.78 is 10.5. The van der Waals surface area contributed by atoms with Crippen LogP contribution in [0.5, 0.6) is 0 Å². The number of ether oxygens (including phenoxy) is 2. The topological polar surface area (TPSA) is 224 Å². The average molecular weight is 381 g/mol. The average Bonchev–Trinajstić information content (AvgIpc) is 2.84. The number of hydrogen-bond donors (Lipinski definition) is 5. The Balaban J connectivity index is 2.22. The third-order valence-electron chi connectivity index (χ3n) is 3.58. The molecule has 0 spiro atoms. The zero-order chi connectivity index (χ0) is 20.4. The molecule has 1 unspecified atom stereocenters. The lowest BCUT2D eigenvalue weighted by Crippen LogP contribution is -2.48. The minimum Gasteiger partial charge on any atom is -0.506 e. The van der Waals surface area contributed by atoms with Crippen molar-refractivity contribution in [3.8, 4) is 6.07 Å². The van der Waals surface area contributed by atoms with Gasteiger partial charge in [-0.15, -0.1) is 0 Å². The number of anilines is 1. The summed E-state index contributed by atoms with van der Waals surface area (Å²) in [4.78, 5) is 37.6. The highest BCUT2D eigenvalue weighted by Gasteiger charge is 2.53. The molecule has 1 aliphatic rings. The Labute approximate surface area is 150 Å². The third kappa shape index (κ3) is 3.66. The van der Waals surface area contributed by atoms with Crippen LogP contribution in [-0.2, 0) is 24.8 Å². The number of nitrogen functional groups attached to an aromatic ring is 1. The molecule has 1 aromatic heterocycles. The molecule has 0 bridgehead atoms. The Morgan fingerprint density at radius 2 is 2.22 bits per heavy atom. The maximum absolute atomic E-state index is 12.0. The highest BCUT2D eigenvalue weighted by Crippen LogP contribution is 2.36. The first kappa shape index (κ1) is 19.7. The summed E-state index contributed by atoms with van der Waals surface area (Å²) in [7, 11) is 0. The molecule has 0 aliphatic carbocycles. The summed E-state index contributed by atoms with van der Waals surface area (Å²) in [5.41, 5.74) is 7.24. The summed E-state index contributed by atoms with van der Waals surface area (Å²) >= 11 is 0. The molecule has 0 radical (unpaired) electrons. The van der Waals surface area contributed by atoms with E-state index in [-0.39, 0.29) is 5.82 Å². The molecule has 1 aliphatic heterocycles. The smallest absolute Gasteiger partial charge is 0.353 e. The van der Waals surface area contributed by atoms with Crippen LogP contribution < -0.4 is 17.2 Å². The van der Waals surface area contributed by atoms with Gasteiger partial charge in [0.2, 0.25) is 0 Å². The van der Waals surface area contributed by atoms with Gasteiger partial charge in [-0.05, 0) is 6.07 Å². The second-order valence-corrected chi connectivity index (χ2v) is 5.44. The molecule has 144 valence electrons. The van der Waals surface area contributed by atoms with Crippen molar-refractivity contribution < 1.29 is 34.4 Å². The van der Waals surface area contributed by atoms with Gasteiger partial charge in [-0.2, -0.15) is 10.2 Å². The molecule has 13 heteroatoms. The van der Waals surface area contributed by atoms with E-state index in [0.29, 0.717) is 4.57 Å². The van der Waals surface area contributed by atoms with Crippen LogP contribution in [0.15, 0.2) is 28.6 Å². The van der Waals surface area contributed by atoms with Crippen LogP contribution in [-0.4, -0.2) is 55.6 Å². The van der Waals surface area contributed by atoms with Gasteiger partial charge in [-0.3, -0.25) is 9.59 Å². The van der Waals surface area contributed by atoms with Gasteiger partial charge >= 0.3 is 23.4 Å². The molecular formula is C14H15N5O8. The zero-order valence-corrected chi connectivity index (χ0v) is 13.6. The molecule has 0 amide bonds. The molecule has 0 aromatic carbocycles. The van der Waals surface area contributed by atoms with Gasteiger partial charge in [0.15, 0.2) is 24.2 Å². The zero-order valence-electron chi connectivity index (χ0n) is 13.6. The SMILES string of the molecule is N#C[C@@]1(n2ccc(N)nc2=O)OC(COC(=O)[C@@H](N)CC(=O)O)=C(O)C1O. The summed E-state index contributed by atoms with van der Waals surface area (Å²) in [6.07, 6.45) is -1.67. The molecule has 27 heavy (non-hydrogen) atoms. The number of aliphatic carboxylic acids is 1. The lowest BCUT2D eigenvalue weighted by atomic mass is 10.1. The fourth-order valence-electron chi connectivity index (χ4n) is 2.24. The summed E-state index contributed by atoms with van der Waals surface area (Å²) in [6, 6.07) is 1.26. The van der Waals surface area contributed by atoms with E-state index in [4.69, 9.17) is 26.0 Å². The van der Waals surface area contributed by atoms with E-state index in [0.717, 1.165) is 12.3 Å². The number of nitrogens with two attached hydrogens (primary N) is 2. The predicted molar refractivity (Wildman–Crippen MR) is 84.4 cm³/mol. The number of aliphatic hydroxyl groups is 2. The lowest BCUT2D eigenvalue weighted by Gasteiger charge is -2.26. The van der Waals surface area contributed by atoms with Gasteiger partial charge in [0.1, 0.15) is 17.9 Å². The fraction of sp³-hybridized carbons (Fsp3) is 0.357. The van der Waals surface area contributed by atoms with Crippen molar-refractivity contribution in [3.05, 3.63) is 34.3 Å². The number of carbonyl (C=O) groups excluding carboxylic acids is 1. The number of nitrogens with zero attached hydrogens (tertiary/aromatic N) is 3. The second-order valence-electron chi connectivity index (χ2n) is 5.44. The van der Waals surface area contributed by atoms with Crippen molar-refractivity contribution in [1.82, 2.24) is 9.55 Å². The summed E-state index contributed by atoms with van der Waals surface area (Å²) in [6.45, 7) is -0.768. The van der Waals surface area contributed by atoms with Gasteiger partial charge in [-0.25, -0.2) is 9.36 Å². The number of aromatic nitrogens is 2. The van der Waals surface area contributed by atoms with E-state index in [1.807, 2.05) is 0 Å². The minimum atomic E-state index is -2.41. The molecule has 0 saturated carbocycles. The van der Waals surface area contributed by atoms with E-state index in [9.17, 15) is 29.9 Å². The number of hydrogen-bond acceptors (Lipinski definition) is 11. The first-order chi connectivity index (χ1) is 12.6. The van der Waals surface area contributed by atoms with Crippen molar-refractivity contribution in [2.75, 3.05) is 12.3 Å². The molecule has 0 saturated heterocycles. The Morgan fingerprint density at radius 3 is 2.78 bits per heavy atom. The number of aliphatic hydroxyl groups excluding tert-OH is 2. The molecule has 2 rings (SSSR count). The summed E-state index contributed by atoms with van der Waals surface area (Å²) in [5.74, 6) is -3.97. The number of carbonyl (C=O) groups is 2. The Kier molecular flexibility index (Phi) is 5.34. The van der Waals surface area contributed by atoms with Crippen molar-refractivity contribution in [1.29, 1.82) is 5.26 Å². The first-order valence-electron chi connectivity index (χ1n) is 7.32. The maximum atomic E-state index is 12.0. The van der Waals surface area contributed by atoms with Crippen LogP contribution in [0.3, 0.4) is 0 Å². The highest BCUT2D eigenvalue weighted by molar-refractivity contribution is 5.81. The predicted octanol–water partition coefficient (Wildman–Crippen LogP) is -2.49. The number of esters is 1. The fourth-order valence-corrected chi connectivity index (χ4v) is 2.24. The third-order valence-corrected chi connectivity index (χ3v) is 3.58. The van der Waals surface area contributed by atoms with Gasteiger partial charge in [0, 0.05) is 6.20 Å². The quantitative estimate of drug-likeness (QED) is 0.323. The van der Waals surface area contributed by atoms with Crippen LogP contribution in [0, 0.1) is 11.3 Å². The normalized spacial score (nSPS) is 22.6. The molecule has 1 aromatic rings. The van der Waals surface area contributed by atoms with Crippen LogP contribution in [0.2, 0.25) is 0 Å². The molecule has 3 atom stereocenters.